The second-order valence-electron chi connectivity index (χ2n) is 5.03. The summed E-state index contributed by atoms with van der Waals surface area (Å²) in [5.74, 6) is -1.11. The van der Waals surface area contributed by atoms with Crippen LogP contribution in [-0.4, -0.2) is 29.3 Å². The van der Waals surface area contributed by atoms with E-state index in [0.29, 0.717) is 18.8 Å². The number of carboxylic acid groups (broad SMARTS) is 1. The number of hydrogen-bond donors (Lipinski definition) is 2. The molecule has 3 atom stereocenters. The highest BCUT2D eigenvalue weighted by atomic mass is 19.4. The largest absolute Gasteiger partial charge is 0.480 e. The number of halogens is 3. The van der Waals surface area contributed by atoms with Crippen molar-refractivity contribution in [3.05, 3.63) is 0 Å². The summed E-state index contributed by atoms with van der Waals surface area (Å²) in [6.45, 7) is 2.44. The summed E-state index contributed by atoms with van der Waals surface area (Å²) in [5.41, 5.74) is -1.43. The minimum absolute atomic E-state index is 0.251. The third-order valence-corrected chi connectivity index (χ3v) is 3.61. The van der Waals surface area contributed by atoms with Gasteiger partial charge in [0.1, 0.15) is 5.54 Å². The number of aliphatic carboxylic acids is 1. The van der Waals surface area contributed by atoms with E-state index < -0.39 is 24.2 Å². The molecule has 2 N–H and O–H groups in total. The van der Waals surface area contributed by atoms with Gasteiger partial charge in [-0.2, -0.15) is 13.2 Å². The fourth-order valence-electron chi connectivity index (χ4n) is 2.56. The van der Waals surface area contributed by atoms with Gasteiger partial charge >= 0.3 is 12.1 Å². The molecule has 3 nitrogen and oxygen atoms in total. The topological polar surface area (TPSA) is 49.3 Å². The average Bonchev–Trinajstić information content (AvgIpc) is 2.15. The van der Waals surface area contributed by atoms with Crippen LogP contribution >= 0.6 is 0 Å². The van der Waals surface area contributed by atoms with E-state index in [1.54, 1.807) is 6.92 Å². The summed E-state index contributed by atoms with van der Waals surface area (Å²) in [7, 11) is 0. The molecule has 3 unspecified atom stereocenters. The molecule has 0 aromatic carbocycles. The van der Waals surface area contributed by atoms with Gasteiger partial charge in [-0.1, -0.05) is 13.8 Å². The lowest BCUT2D eigenvalue weighted by atomic mass is 9.70. The molecule has 1 fully saturated rings. The summed E-state index contributed by atoms with van der Waals surface area (Å²) in [5, 5.41) is 11.4. The van der Waals surface area contributed by atoms with Crippen LogP contribution < -0.4 is 5.32 Å². The van der Waals surface area contributed by atoms with Crippen LogP contribution in [-0.2, 0) is 4.79 Å². The van der Waals surface area contributed by atoms with Crippen LogP contribution in [0.5, 0.6) is 0 Å². The zero-order valence-electron chi connectivity index (χ0n) is 9.97. The predicted molar refractivity (Wildman–Crippen MR) is 56.6 cm³/mol. The van der Waals surface area contributed by atoms with Crippen molar-refractivity contribution < 1.29 is 23.1 Å². The highest BCUT2D eigenvalue weighted by molar-refractivity contribution is 5.79. The maximum atomic E-state index is 12.2. The van der Waals surface area contributed by atoms with Crippen molar-refractivity contribution in [2.24, 2.45) is 11.8 Å². The zero-order valence-corrected chi connectivity index (χ0v) is 9.97. The normalized spacial score (nSPS) is 34.6. The number of hydrogen-bond acceptors (Lipinski definition) is 2. The Morgan fingerprint density at radius 3 is 2.47 bits per heavy atom. The summed E-state index contributed by atoms with van der Waals surface area (Å²) in [4.78, 5) is 11.3. The molecule has 0 heterocycles. The minimum atomic E-state index is -4.38. The molecule has 17 heavy (non-hydrogen) atoms. The Bertz CT molecular complexity index is 293. The van der Waals surface area contributed by atoms with Gasteiger partial charge in [-0.3, -0.25) is 10.1 Å². The lowest BCUT2D eigenvalue weighted by molar-refractivity contribution is -0.156. The van der Waals surface area contributed by atoms with Gasteiger partial charge < -0.3 is 5.11 Å². The van der Waals surface area contributed by atoms with Crippen LogP contribution in [0.2, 0.25) is 0 Å². The molecule has 0 aliphatic heterocycles. The van der Waals surface area contributed by atoms with Crippen molar-refractivity contribution in [3.63, 3.8) is 0 Å². The predicted octanol–water partition coefficient (Wildman–Crippen LogP) is 2.42. The van der Waals surface area contributed by atoms with Gasteiger partial charge in [-0.25, -0.2) is 0 Å². The molecule has 0 aromatic heterocycles. The zero-order chi connectivity index (χ0) is 13.3. The van der Waals surface area contributed by atoms with Crippen LogP contribution in [0.4, 0.5) is 13.2 Å². The molecule has 6 heteroatoms. The molecule has 1 rings (SSSR count). The van der Waals surface area contributed by atoms with E-state index >= 15 is 0 Å². The van der Waals surface area contributed by atoms with Crippen LogP contribution in [0, 0.1) is 11.8 Å². The van der Waals surface area contributed by atoms with Crippen molar-refractivity contribution in [2.75, 3.05) is 6.54 Å². The van der Waals surface area contributed by atoms with Crippen LogP contribution in [0.3, 0.4) is 0 Å². The summed E-state index contributed by atoms with van der Waals surface area (Å²) in [6.07, 6.45) is -2.86. The first-order valence-electron chi connectivity index (χ1n) is 5.72. The van der Waals surface area contributed by atoms with E-state index in [1.165, 1.54) is 0 Å². The van der Waals surface area contributed by atoms with E-state index in [2.05, 4.69) is 5.32 Å². The first kappa shape index (κ1) is 14.3. The molecular formula is C11H18F3NO2. The van der Waals surface area contributed by atoms with Crippen molar-refractivity contribution in [2.45, 2.75) is 44.8 Å². The van der Waals surface area contributed by atoms with Crippen LogP contribution in [0.15, 0.2) is 0 Å². The SMILES string of the molecule is CC1CCC(NCC(F)(F)F)(C(=O)O)C(C)C1. The van der Waals surface area contributed by atoms with Gasteiger partial charge in [0, 0.05) is 0 Å². The van der Waals surface area contributed by atoms with E-state index in [0.717, 1.165) is 0 Å². The molecule has 1 aliphatic carbocycles. The third-order valence-electron chi connectivity index (χ3n) is 3.61. The van der Waals surface area contributed by atoms with E-state index in [1.807, 2.05) is 6.92 Å². The fraction of sp³-hybridized carbons (Fsp3) is 0.909. The van der Waals surface area contributed by atoms with Gasteiger partial charge in [0.15, 0.2) is 0 Å². The minimum Gasteiger partial charge on any atom is -0.480 e. The van der Waals surface area contributed by atoms with Crippen molar-refractivity contribution in [1.29, 1.82) is 0 Å². The number of alkyl halides is 3. The Kier molecular flexibility index (Phi) is 4.06. The van der Waals surface area contributed by atoms with Gasteiger partial charge in [-0.15, -0.1) is 0 Å². The lowest BCUT2D eigenvalue weighted by Gasteiger charge is -2.42. The second-order valence-corrected chi connectivity index (χ2v) is 5.03. The molecule has 0 radical (unpaired) electrons. The summed E-state index contributed by atoms with van der Waals surface area (Å²) >= 11 is 0. The number of nitrogens with one attached hydrogen (secondary N) is 1. The number of carboxylic acids is 1. The molecule has 0 amide bonds. The van der Waals surface area contributed by atoms with E-state index in [9.17, 15) is 23.1 Å². The summed E-state index contributed by atoms with van der Waals surface area (Å²) in [6, 6.07) is 0. The second kappa shape index (κ2) is 4.84. The monoisotopic (exact) mass is 253 g/mol. The number of rotatable bonds is 3. The van der Waals surface area contributed by atoms with Gasteiger partial charge in [-0.05, 0) is 31.1 Å². The smallest absolute Gasteiger partial charge is 0.401 e. The lowest BCUT2D eigenvalue weighted by Crippen LogP contribution is -2.60. The van der Waals surface area contributed by atoms with Crippen molar-refractivity contribution in [3.8, 4) is 0 Å². The Labute approximate surface area is 98.4 Å². The number of carbonyl (C=O) groups is 1. The molecule has 0 saturated heterocycles. The first-order chi connectivity index (χ1) is 7.67. The fourth-order valence-corrected chi connectivity index (χ4v) is 2.56. The van der Waals surface area contributed by atoms with Gasteiger partial charge in [0.25, 0.3) is 0 Å². The quantitative estimate of drug-likeness (QED) is 0.812. The van der Waals surface area contributed by atoms with Gasteiger partial charge in [0.2, 0.25) is 0 Å². The Hall–Kier alpha value is -0.780. The highest BCUT2D eigenvalue weighted by Gasteiger charge is 2.48. The van der Waals surface area contributed by atoms with Crippen molar-refractivity contribution >= 4 is 5.97 Å². The van der Waals surface area contributed by atoms with Crippen molar-refractivity contribution in [1.82, 2.24) is 5.32 Å². The van der Waals surface area contributed by atoms with Crippen LogP contribution in [0.25, 0.3) is 0 Å². The first-order valence-corrected chi connectivity index (χ1v) is 5.72. The molecule has 1 aliphatic rings. The maximum absolute atomic E-state index is 12.2. The standard InChI is InChI=1S/C11H18F3NO2/c1-7-3-4-10(9(16)17,8(2)5-7)15-6-11(12,13)14/h7-8,15H,3-6H2,1-2H3,(H,16,17). The Morgan fingerprint density at radius 2 is 2.06 bits per heavy atom. The van der Waals surface area contributed by atoms with E-state index in [-0.39, 0.29) is 12.3 Å². The molecule has 0 bridgehead atoms. The molecule has 1 saturated carbocycles. The summed E-state index contributed by atoms with van der Waals surface area (Å²) < 4.78 is 36.6. The molecular weight excluding hydrogens is 235 g/mol. The Balaban J connectivity index is 2.79. The molecule has 0 aromatic rings. The maximum Gasteiger partial charge on any atom is 0.401 e. The van der Waals surface area contributed by atoms with Gasteiger partial charge in [0.05, 0.1) is 6.54 Å². The average molecular weight is 253 g/mol. The molecule has 0 spiro atoms. The van der Waals surface area contributed by atoms with Crippen LogP contribution in [0.1, 0.15) is 33.1 Å². The molecule has 100 valence electrons. The third kappa shape index (κ3) is 3.34. The highest BCUT2D eigenvalue weighted by Crippen LogP contribution is 2.37. The Morgan fingerprint density at radius 1 is 1.47 bits per heavy atom. The van der Waals surface area contributed by atoms with E-state index in [4.69, 9.17) is 0 Å².